The van der Waals surface area contributed by atoms with Crippen LogP contribution in [-0.4, -0.2) is 30.3 Å². The third-order valence-electron chi connectivity index (χ3n) is 5.27. The van der Waals surface area contributed by atoms with Crippen LogP contribution in [0, 0.1) is 12.7 Å². The number of nitrogens with one attached hydrogen (secondary N) is 1. The number of halogens is 2. The molecule has 1 amide bonds. The van der Waals surface area contributed by atoms with Crippen LogP contribution in [0.3, 0.4) is 0 Å². The summed E-state index contributed by atoms with van der Waals surface area (Å²) in [6.45, 7) is 2.16. The van der Waals surface area contributed by atoms with E-state index >= 15 is 0 Å². The van der Waals surface area contributed by atoms with Crippen LogP contribution in [0.25, 0.3) is 16.9 Å². The van der Waals surface area contributed by atoms with Crippen LogP contribution >= 0.6 is 11.6 Å². The molecule has 0 unspecified atom stereocenters. The minimum Gasteiger partial charge on any atom is -0.319 e. The van der Waals surface area contributed by atoms with E-state index in [2.05, 4.69) is 20.5 Å². The van der Waals surface area contributed by atoms with Gasteiger partial charge in [-0.25, -0.2) is 13.9 Å². The summed E-state index contributed by atoms with van der Waals surface area (Å²) in [4.78, 5) is 17.3. The summed E-state index contributed by atoms with van der Waals surface area (Å²) in [5.74, 6) is -0.785. The number of fused-ring (bicyclic) bond motifs is 1. The van der Waals surface area contributed by atoms with Gasteiger partial charge in [0.05, 0.1) is 30.3 Å². The molecule has 0 atom stereocenters. The maximum atomic E-state index is 14.1. The first-order chi connectivity index (χ1) is 16.0. The smallest absolute Gasteiger partial charge is 0.261 e. The maximum absolute atomic E-state index is 14.1. The number of rotatable bonds is 5. The molecule has 0 bridgehead atoms. The number of carbonyl (C=O) groups excluding carboxylic acids is 1. The summed E-state index contributed by atoms with van der Waals surface area (Å²) in [6.07, 6.45) is 6.24. The van der Waals surface area contributed by atoms with Crippen molar-refractivity contribution in [2.24, 2.45) is 0 Å². The average Bonchev–Trinajstić information content (AvgIpc) is 3.43. The van der Waals surface area contributed by atoms with Gasteiger partial charge in [0.2, 0.25) is 0 Å². The van der Waals surface area contributed by atoms with Crippen molar-refractivity contribution in [3.63, 3.8) is 0 Å². The number of nitrogens with zero attached hydrogens (tertiary/aromatic N) is 5. The molecule has 0 fully saturated rings. The lowest BCUT2D eigenvalue weighted by molar-refractivity contribution is 0.102. The number of aromatic nitrogens is 5. The molecule has 5 aromatic rings. The number of carbonyl (C=O) groups is 1. The predicted molar refractivity (Wildman–Crippen MR) is 124 cm³/mol. The number of amides is 1. The van der Waals surface area contributed by atoms with E-state index in [1.807, 2.05) is 37.3 Å². The lowest BCUT2D eigenvalue weighted by Gasteiger charge is -2.06. The SMILES string of the molecule is Cc1ccc(-c2ccnc3c(C(=O)Nc4cnn(Cc5c(F)cccc5Cl)c4)cnn23)cc1. The summed E-state index contributed by atoms with van der Waals surface area (Å²) >= 11 is 6.09. The maximum Gasteiger partial charge on any atom is 0.261 e. The first-order valence-electron chi connectivity index (χ1n) is 10.2. The van der Waals surface area contributed by atoms with Crippen molar-refractivity contribution in [2.75, 3.05) is 5.32 Å². The van der Waals surface area contributed by atoms with Crippen LogP contribution in [0.1, 0.15) is 21.5 Å². The number of hydrogen-bond donors (Lipinski definition) is 1. The Balaban J connectivity index is 1.38. The molecule has 3 aromatic heterocycles. The molecule has 7 nitrogen and oxygen atoms in total. The van der Waals surface area contributed by atoms with Crippen molar-refractivity contribution in [3.8, 4) is 11.3 Å². The Kier molecular flexibility index (Phi) is 5.35. The van der Waals surface area contributed by atoms with Crippen LogP contribution in [-0.2, 0) is 6.54 Å². The molecule has 0 spiro atoms. The van der Waals surface area contributed by atoms with E-state index in [1.165, 1.54) is 23.1 Å². The Bertz CT molecular complexity index is 1450. The van der Waals surface area contributed by atoms with Crippen LogP contribution in [0.5, 0.6) is 0 Å². The standard InChI is InChI=1S/C24H18ClFN6O/c1-15-5-7-16(8-6-15)22-9-10-27-23-18(12-29-32(22)23)24(33)30-17-11-28-31(13-17)14-19-20(25)3-2-4-21(19)26/h2-13H,14H2,1H3,(H,30,33). The van der Waals surface area contributed by atoms with Gasteiger partial charge in [0.1, 0.15) is 11.4 Å². The van der Waals surface area contributed by atoms with Crippen molar-refractivity contribution in [2.45, 2.75) is 13.5 Å². The Labute approximate surface area is 193 Å². The molecule has 9 heteroatoms. The van der Waals surface area contributed by atoms with E-state index in [4.69, 9.17) is 11.6 Å². The molecule has 5 rings (SSSR count). The molecule has 0 aliphatic rings. The largest absolute Gasteiger partial charge is 0.319 e. The fourth-order valence-electron chi connectivity index (χ4n) is 3.55. The Morgan fingerprint density at radius 2 is 1.91 bits per heavy atom. The quantitative estimate of drug-likeness (QED) is 0.400. The third kappa shape index (κ3) is 4.08. The molecular formula is C24H18ClFN6O. The highest BCUT2D eigenvalue weighted by atomic mass is 35.5. The van der Waals surface area contributed by atoms with Crippen molar-refractivity contribution in [1.29, 1.82) is 0 Å². The second-order valence-corrected chi connectivity index (χ2v) is 7.98. The van der Waals surface area contributed by atoms with Crippen LogP contribution in [0.15, 0.2) is 73.3 Å². The van der Waals surface area contributed by atoms with Gasteiger partial charge >= 0.3 is 0 Å². The van der Waals surface area contributed by atoms with E-state index < -0.39 is 5.82 Å². The number of hydrogen-bond acceptors (Lipinski definition) is 4. The van der Waals surface area contributed by atoms with E-state index in [1.54, 1.807) is 29.0 Å². The first kappa shape index (κ1) is 20.8. The molecule has 33 heavy (non-hydrogen) atoms. The Morgan fingerprint density at radius 1 is 1.09 bits per heavy atom. The van der Waals surface area contributed by atoms with Gasteiger partial charge in [-0.3, -0.25) is 9.48 Å². The zero-order valence-electron chi connectivity index (χ0n) is 17.5. The molecule has 0 saturated heterocycles. The molecule has 1 N–H and O–H groups in total. The van der Waals surface area contributed by atoms with Gasteiger partial charge in [0, 0.05) is 28.5 Å². The molecule has 3 heterocycles. The number of benzene rings is 2. The van der Waals surface area contributed by atoms with Gasteiger partial charge in [-0.2, -0.15) is 10.2 Å². The van der Waals surface area contributed by atoms with Gasteiger partial charge in [-0.15, -0.1) is 0 Å². The van der Waals surface area contributed by atoms with E-state index in [-0.39, 0.29) is 12.5 Å². The van der Waals surface area contributed by atoms with Gasteiger partial charge in [-0.1, -0.05) is 47.5 Å². The lowest BCUT2D eigenvalue weighted by Crippen LogP contribution is -2.12. The molecule has 2 aromatic carbocycles. The first-order valence-corrected chi connectivity index (χ1v) is 10.5. The van der Waals surface area contributed by atoms with Gasteiger partial charge in [0.25, 0.3) is 5.91 Å². The highest BCUT2D eigenvalue weighted by Gasteiger charge is 2.17. The van der Waals surface area contributed by atoms with Gasteiger partial charge in [0.15, 0.2) is 5.65 Å². The topological polar surface area (TPSA) is 77.1 Å². The van der Waals surface area contributed by atoms with Crippen molar-refractivity contribution < 1.29 is 9.18 Å². The van der Waals surface area contributed by atoms with E-state index in [0.717, 1.165) is 16.8 Å². The summed E-state index contributed by atoms with van der Waals surface area (Å²) in [7, 11) is 0. The number of aryl methyl sites for hydroxylation is 1. The van der Waals surface area contributed by atoms with E-state index in [9.17, 15) is 9.18 Å². The summed E-state index contributed by atoms with van der Waals surface area (Å²) in [6, 6.07) is 14.4. The normalized spacial score (nSPS) is 11.1. The highest BCUT2D eigenvalue weighted by molar-refractivity contribution is 6.31. The van der Waals surface area contributed by atoms with Gasteiger partial charge in [-0.05, 0) is 25.1 Å². The summed E-state index contributed by atoms with van der Waals surface area (Å²) in [5, 5.41) is 11.7. The molecule has 0 aliphatic carbocycles. The fraction of sp³-hybridized carbons (Fsp3) is 0.0833. The zero-order valence-corrected chi connectivity index (χ0v) is 18.3. The fourth-order valence-corrected chi connectivity index (χ4v) is 3.78. The predicted octanol–water partition coefficient (Wildman–Crippen LogP) is 4.99. The molecule has 164 valence electrons. The van der Waals surface area contributed by atoms with Crippen molar-refractivity contribution >= 4 is 28.8 Å². The summed E-state index contributed by atoms with van der Waals surface area (Å²) < 4.78 is 17.2. The second-order valence-electron chi connectivity index (χ2n) is 7.57. The van der Waals surface area contributed by atoms with E-state index in [0.29, 0.717) is 27.5 Å². The van der Waals surface area contributed by atoms with Gasteiger partial charge < -0.3 is 5.32 Å². The van der Waals surface area contributed by atoms with Crippen LogP contribution < -0.4 is 5.32 Å². The zero-order chi connectivity index (χ0) is 22.9. The Morgan fingerprint density at radius 3 is 2.70 bits per heavy atom. The van der Waals surface area contributed by atoms with Crippen molar-refractivity contribution in [1.82, 2.24) is 24.4 Å². The monoisotopic (exact) mass is 460 g/mol. The average molecular weight is 461 g/mol. The molecular weight excluding hydrogens is 443 g/mol. The molecule has 0 saturated carbocycles. The lowest BCUT2D eigenvalue weighted by atomic mass is 10.1. The summed E-state index contributed by atoms with van der Waals surface area (Å²) in [5.41, 5.74) is 4.51. The minimum atomic E-state index is -0.412. The highest BCUT2D eigenvalue weighted by Crippen LogP contribution is 2.23. The number of anilines is 1. The molecule has 0 aliphatic heterocycles. The second kappa shape index (κ2) is 8.48. The third-order valence-corrected chi connectivity index (χ3v) is 5.62. The van der Waals surface area contributed by atoms with Crippen LogP contribution in [0.4, 0.5) is 10.1 Å². The Hall–Kier alpha value is -4.04. The minimum absolute atomic E-state index is 0.138. The van der Waals surface area contributed by atoms with Crippen molar-refractivity contribution in [3.05, 3.63) is 101 Å². The van der Waals surface area contributed by atoms with Crippen LogP contribution in [0.2, 0.25) is 5.02 Å². The molecule has 0 radical (unpaired) electrons.